The van der Waals surface area contributed by atoms with Crippen molar-refractivity contribution in [1.82, 2.24) is 10.2 Å². The number of benzene rings is 1. The first-order valence-electron chi connectivity index (χ1n) is 8.63. The number of allylic oxidation sites excluding steroid dienone is 1. The average molecular weight is 313 g/mol. The molecule has 0 aliphatic rings. The fraction of sp³-hybridized carbons (Fsp3) is 0.524. The minimum atomic E-state index is 0.0712. The van der Waals surface area contributed by atoms with Crippen LogP contribution in [-0.2, 0) is 13.1 Å². The second kappa shape index (κ2) is 10.3. The molecule has 0 spiro atoms. The van der Waals surface area contributed by atoms with Crippen LogP contribution in [0.25, 0.3) is 0 Å². The number of hydrogen-bond acceptors (Lipinski definition) is 2. The van der Waals surface area contributed by atoms with Crippen LogP contribution in [0.5, 0.6) is 0 Å². The van der Waals surface area contributed by atoms with Crippen molar-refractivity contribution in [1.29, 1.82) is 0 Å². The van der Waals surface area contributed by atoms with Crippen molar-refractivity contribution >= 4 is 0 Å². The number of nitrogens with one attached hydrogen (secondary N) is 1. The van der Waals surface area contributed by atoms with Gasteiger partial charge in [-0.3, -0.25) is 4.90 Å². The maximum atomic E-state index is 3.38. The van der Waals surface area contributed by atoms with Crippen LogP contribution < -0.4 is 5.32 Å². The predicted molar refractivity (Wildman–Crippen MR) is 101 cm³/mol. The van der Waals surface area contributed by atoms with Crippen molar-refractivity contribution in [2.45, 2.75) is 47.7 Å². The molecular formula is C21H32N2. The van der Waals surface area contributed by atoms with Crippen LogP contribution in [-0.4, -0.2) is 24.5 Å². The van der Waals surface area contributed by atoms with Crippen LogP contribution in [0.4, 0.5) is 0 Å². The second-order valence-electron chi connectivity index (χ2n) is 6.85. The van der Waals surface area contributed by atoms with Gasteiger partial charge in [0.15, 0.2) is 0 Å². The maximum Gasteiger partial charge on any atom is 0.0237 e. The van der Waals surface area contributed by atoms with Gasteiger partial charge >= 0.3 is 0 Å². The van der Waals surface area contributed by atoms with Gasteiger partial charge in [0, 0.05) is 25.0 Å². The lowest BCUT2D eigenvalue weighted by atomic mass is 9.98. The highest BCUT2D eigenvalue weighted by atomic mass is 15.1. The average Bonchev–Trinajstić information content (AvgIpc) is 2.50. The van der Waals surface area contributed by atoms with Crippen LogP contribution in [0.2, 0.25) is 0 Å². The van der Waals surface area contributed by atoms with Gasteiger partial charge in [0.1, 0.15) is 0 Å². The van der Waals surface area contributed by atoms with Crippen molar-refractivity contribution < 1.29 is 0 Å². The molecule has 0 heterocycles. The summed E-state index contributed by atoms with van der Waals surface area (Å²) in [6.45, 7) is 15.6. The third kappa shape index (κ3) is 9.23. The normalized spacial score (nSPS) is 11.7. The summed E-state index contributed by atoms with van der Waals surface area (Å²) in [5.74, 6) is 6.36. The first kappa shape index (κ1) is 19.5. The molecule has 0 amide bonds. The molecule has 2 nitrogen and oxygen atoms in total. The second-order valence-corrected chi connectivity index (χ2v) is 6.85. The Balaban J connectivity index is 2.55. The fourth-order valence-corrected chi connectivity index (χ4v) is 2.19. The number of likely N-dealkylation sites (N-methyl/N-ethyl adjacent to an activating group) is 1. The van der Waals surface area contributed by atoms with Gasteiger partial charge in [0.2, 0.25) is 0 Å². The summed E-state index contributed by atoms with van der Waals surface area (Å²) in [6, 6.07) is 8.85. The van der Waals surface area contributed by atoms with Crippen molar-refractivity contribution in [2.75, 3.05) is 19.6 Å². The molecule has 0 bridgehead atoms. The van der Waals surface area contributed by atoms with E-state index in [1.165, 1.54) is 11.1 Å². The molecule has 0 aromatic heterocycles. The molecule has 1 N–H and O–H groups in total. The molecule has 0 fully saturated rings. The molecule has 0 unspecified atom stereocenters. The predicted octanol–water partition coefficient (Wildman–Crippen LogP) is 4.22. The van der Waals surface area contributed by atoms with E-state index in [4.69, 9.17) is 0 Å². The molecule has 0 aliphatic heterocycles. The first-order chi connectivity index (χ1) is 10.9. The molecule has 0 atom stereocenters. The summed E-state index contributed by atoms with van der Waals surface area (Å²) < 4.78 is 0. The highest BCUT2D eigenvalue weighted by Crippen LogP contribution is 2.10. The van der Waals surface area contributed by atoms with Gasteiger partial charge in [-0.1, -0.05) is 56.0 Å². The monoisotopic (exact) mass is 312 g/mol. The highest BCUT2D eigenvalue weighted by molar-refractivity contribution is 5.24. The molecule has 1 aromatic rings. The lowest BCUT2D eigenvalue weighted by Gasteiger charge is -2.19. The zero-order valence-corrected chi connectivity index (χ0v) is 15.4. The Hall–Kier alpha value is -1.56. The molecule has 1 rings (SSSR count). The smallest absolute Gasteiger partial charge is 0.0237 e. The van der Waals surface area contributed by atoms with Crippen molar-refractivity contribution in [3.8, 4) is 11.8 Å². The van der Waals surface area contributed by atoms with Gasteiger partial charge in [0.25, 0.3) is 0 Å². The summed E-state index contributed by atoms with van der Waals surface area (Å²) in [4.78, 5) is 2.42. The maximum absolute atomic E-state index is 3.38. The standard InChI is InChI=1S/C21H32N2/c1-6-22-17-19-12-11-13-20(16-19)18-23(7-2)15-10-8-9-14-21(3,4)5/h8,10-13,16,22H,6-7,15,17-18H2,1-5H3. The van der Waals surface area contributed by atoms with E-state index >= 15 is 0 Å². The van der Waals surface area contributed by atoms with E-state index in [1.54, 1.807) is 0 Å². The summed E-state index contributed by atoms with van der Waals surface area (Å²) in [6.07, 6.45) is 4.14. The zero-order chi connectivity index (χ0) is 17.1. The van der Waals surface area contributed by atoms with Crippen molar-refractivity contribution in [2.24, 2.45) is 5.41 Å². The molecule has 0 saturated heterocycles. The van der Waals surface area contributed by atoms with E-state index in [9.17, 15) is 0 Å². The lowest BCUT2D eigenvalue weighted by Crippen LogP contribution is -2.23. The largest absolute Gasteiger partial charge is 0.313 e. The van der Waals surface area contributed by atoms with Crippen LogP contribution >= 0.6 is 0 Å². The van der Waals surface area contributed by atoms with Crippen LogP contribution in [0.15, 0.2) is 36.4 Å². The molecule has 0 saturated carbocycles. The van der Waals surface area contributed by atoms with E-state index in [0.29, 0.717) is 0 Å². The van der Waals surface area contributed by atoms with Gasteiger partial charge < -0.3 is 5.32 Å². The van der Waals surface area contributed by atoms with Crippen LogP contribution in [0, 0.1) is 17.3 Å². The van der Waals surface area contributed by atoms with E-state index in [0.717, 1.165) is 32.7 Å². The number of nitrogens with zero attached hydrogens (tertiary/aromatic N) is 1. The summed E-state index contributed by atoms with van der Waals surface area (Å²) in [5, 5.41) is 3.38. The number of hydrogen-bond donors (Lipinski definition) is 1. The minimum absolute atomic E-state index is 0.0712. The Bertz CT molecular complexity index is 541. The molecule has 126 valence electrons. The van der Waals surface area contributed by atoms with Gasteiger partial charge in [0.05, 0.1) is 0 Å². The van der Waals surface area contributed by atoms with Crippen molar-refractivity contribution in [3.05, 3.63) is 47.5 Å². The summed E-state index contributed by atoms with van der Waals surface area (Å²) in [7, 11) is 0. The van der Waals surface area contributed by atoms with Gasteiger partial charge in [-0.15, -0.1) is 0 Å². The number of rotatable bonds is 8. The molecule has 23 heavy (non-hydrogen) atoms. The zero-order valence-electron chi connectivity index (χ0n) is 15.4. The van der Waals surface area contributed by atoms with E-state index in [-0.39, 0.29) is 5.41 Å². The molecule has 2 heteroatoms. The molecule has 0 radical (unpaired) electrons. The third-order valence-electron chi connectivity index (χ3n) is 3.44. The Morgan fingerprint density at radius 2 is 1.91 bits per heavy atom. The van der Waals surface area contributed by atoms with Gasteiger partial charge in [-0.25, -0.2) is 0 Å². The van der Waals surface area contributed by atoms with E-state index in [1.807, 2.05) is 6.08 Å². The Labute approximate surface area is 143 Å². The van der Waals surface area contributed by atoms with E-state index < -0.39 is 0 Å². The Kier molecular flexibility index (Phi) is 8.69. The SMILES string of the molecule is CCNCc1cccc(CN(CC)CC=CC#CC(C)(C)C)c1. The molecule has 1 aromatic carbocycles. The molecular weight excluding hydrogens is 280 g/mol. The van der Waals surface area contributed by atoms with Crippen LogP contribution in [0.3, 0.4) is 0 Å². The Morgan fingerprint density at radius 3 is 2.57 bits per heavy atom. The fourth-order valence-electron chi connectivity index (χ4n) is 2.19. The van der Waals surface area contributed by atoms with Gasteiger partial charge in [-0.05, 0) is 51.1 Å². The summed E-state index contributed by atoms with van der Waals surface area (Å²) in [5.41, 5.74) is 2.80. The highest BCUT2D eigenvalue weighted by Gasteiger charge is 2.03. The van der Waals surface area contributed by atoms with Crippen LogP contribution in [0.1, 0.15) is 45.7 Å². The topological polar surface area (TPSA) is 15.3 Å². The first-order valence-corrected chi connectivity index (χ1v) is 8.63. The van der Waals surface area contributed by atoms with E-state index in [2.05, 4.69) is 87.0 Å². The summed E-state index contributed by atoms with van der Waals surface area (Å²) >= 11 is 0. The van der Waals surface area contributed by atoms with Gasteiger partial charge in [-0.2, -0.15) is 0 Å². The lowest BCUT2D eigenvalue weighted by molar-refractivity contribution is 0.311. The van der Waals surface area contributed by atoms with Crippen molar-refractivity contribution in [3.63, 3.8) is 0 Å². The minimum Gasteiger partial charge on any atom is -0.313 e. The third-order valence-corrected chi connectivity index (χ3v) is 3.44. The molecule has 0 aliphatic carbocycles. The Morgan fingerprint density at radius 1 is 1.17 bits per heavy atom. The quantitative estimate of drug-likeness (QED) is 0.723.